The number of carbonyl (C=O) groups excluding carboxylic acids is 1. The van der Waals surface area contributed by atoms with E-state index in [-0.39, 0.29) is 17.6 Å². The Balaban J connectivity index is 2.45. The molecule has 0 radical (unpaired) electrons. The first-order chi connectivity index (χ1) is 8.39. The molecule has 0 aromatic carbocycles. The van der Waals surface area contributed by atoms with Crippen molar-refractivity contribution in [2.75, 3.05) is 13.6 Å². The molecule has 2 atom stereocenters. The zero-order chi connectivity index (χ0) is 13.8. The van der Waals surface area contributed by atoms with Gasteiger partial charge in [-0.2, -0.15) is 0 Å². The van der Waals surface area contributed by atoms with Crippen molar-refractivity contribution in [3.63, 3.8) is 0 Å². The van der Waals surface area contributed by atoms with Crippen LogP contribution in [0.5, 0.6) is 0 Å². The summed E-state index contributed by atoms with van der Waals surface area (Å²) in [6, 6.07) is 0. The SMILES string of the molecule is CCCCCC(=O)OC1CCN(C)C(C)(C)C1C. The molecule has 0 spiro atoms. The van der Waals surface area contributed by atoms with Crippen LogP contribution in [0.3, 0.4) is 0 Å². The molecule has 18 heavy (non-hydrogen) atoms. The highest BCUT2D eigenvalue weighted by Crippen LogP contribution is 2.33. The average Bonchev–Trinajstić information content (AvgIpc) is 2.31. The van der Waals surface area contributed by atoms with E-state index in [9.17, 15) is 4.79 Å². The molecule has 3 nitrogen and oxygen atoms in total. The van der Waals surface area contributed by atoms with Gasteiger partial charge in [0.1, 0.15) is 6.10 Å². The Morgan fingerprint density at radius 3 is 2.67 bits per heavy atom. The zero-order valence-corrected chi connectivity index (χ0v) is 12.7. The number of unbranched alkanes of at least 4 members (excludes halogenated alkanes) is 2. The lowest BCUT2D eigenvalue weighted by atomic mass is 9.79. The Bertz CT molecular complexity index is 276. The lowest BCUT2D eigenvalue weighted by molar-refractivity contribution is -0.159. The van der Waals surface area contributed by atoms with Crippen molar-refractivity contribution in [1.82, 2.24) is 4.90 Å². The Kier molecular flexibility index (Phi) is 5.64. The topological polar surface area (TPSA) is 29.5 Å². The monoisotopic (exact) mass is 255 g/mol. The van der Waals surface area contributed by atoms with Gasteiger partial charge in [0.15, 0.2) is 0 Å². The van der Waals surface area contributed by atoms with E-state index in [1.807, 2.05) is 0 Å². The molecule has 0 bridgehead atoms. The number of piperidine rings is 1. The summed E-state index contributed by atoms with van der Waals surface area (Å²) in [5, 5.41) is 0. The van der Waals surface area contributed by atoms with E-state index < -0.39 is 0 Å². The first-order valence-electron chi connectivity index (χ1n) is 7.30. The first-order valence-corrected chi connectivity index (χ1v) is 7.30. The molecular weight excluding hydrogens is 226 g/mol. The third-order valence-corrected chi connectivity index (χ3v) is 4.67. The average molecular weight is 255 g/mol. The maximum absolute atomic E-state index is 11.8. The van der Waals surface area contributed by atoms with Gasteiger partial charge in [0.2, 0.25) is 0 Å². The van der Waals surface area contributed by atoms with Gasteiger partial charge in [0, 0.05) is 24.4 Å². The summed E-state index contributed by atoms with van der Waals surface area (Å²) in [7, 11) is 2.15. The van der Waals surface area contributed by atoms with Crippen LogP contribution in [0.1, 0.15) is 59.8 Å². The molecule has 3 heteroatoms. The summed E-state index contributed by atoms with van der Waals surface area (Å²) in [6.07, 6.45) is 4.84. The minimum absolute atomic E-state index is 0.0133. The summed E-state index contributed by atoms with van der Waals surface area (Å²) in [6.45, 7) is 9.81. The van der Waals surface area contributed by atoms with Gasteiger partial charge in [-0.25, -0.2) is 0 Å². The second kappa shape index (κ2) is 6.55. The summed E-state index contributed by atoms with van der Waals surface area (Å²) in [5.74, 6) is 0.368. The van der Waals surface area contributed by atoms with Gasteiger partial charge >= 0.3 is 5.97 Å². The number of hydrogen-bond acceptors (Lipinski definition) is 3. The lowest BCUT2D eigenvalue weighted by Gasteiger charge is -2.48. The first kappa shape index (κ1) is 15.5. The smallest absolute Gasteiger partial charge is 0.306 e. The molecule has 1 heterocycles. The predicted molar refractivity (Wildman–Crippen MR) is 74.5 cm³/mol. The summed E-state index contributed by atoms with van der Waals surface area (Å²) in [5.41, 5.74) is 0.104. The van der Waals surface area contributed by atoms with Gasteiger partial charge in [-0.3, -0.25) is 4.79 Å². The van der Waals surface area contributed by atoms with Crippen LogP contribution in [0.4, 0.5) is 0 Å². The van der Waals surface area contributed by atoms with E-state index in [2.05, 4.69) is 39.6 Å². The normalized spacial score (nSPS) is 28.1. The van der Waals surface area contributed by atoms with Gasteiger partial charge in [-0.05, 0) is 33.7 Å². The largest absolute Gasteiger partial charge is 0.462 e. The minimum Gasteiger partial charge on any atom is -0.462 e. The molecule has 0 aromatic heterocycles. The van der Waals surface area contributed by atoms with E-state index in [4.69, 9.17) is 4.74 Å². The third-order valence-electron chi connectivity index (χ3n) is 4.67. The van der Waals surface area contributed by atoms with Crippen LogP contribution < -0.4 is 0 Å². The van der Waals surface area contributed by atoms with Crippen molar-refractivity contribution in [2.45, 2.75) is 71.4 Å². The zero-order valence-electron chi connectivity index (χ0n) is 12.7. The van der Waals surface area contributed by atoms with Crippen molar-refractivity contribution in [3.05, 3.63) is 0 Å². The summed E-state index contributed by atoms with van der Waals surface area (Å²) in [4.78, 5) is 14.1. The number of hydrogen-bond donors (Lipinski definition) is 0. The van der Waals surface area contributed by atoms with E-state index in [0.29, 0.717) is 12.3 Å². The van der Waals surface area contributed by atoms with Gasteiger partial charge < -0.3 is 9.64 Å². The van der Waals surface area contributed by atoms with Crippen molar-refractivity contribution >= 4 is 5.97 Å². The van der Waals surface area contributed by atoms with Gasteiger partial charge in [0.25, 0.3) is 0 Å². The highest BCUT2D eigenvalue weighted by molar-refractivity contribution is 5.69. The van der Waals surface area contributed by atoms with Crippen LogP contribution in [0.2, 0.25) is 0 Å². The minimum atomic E-state index is -0.0133. The molecule has 1 aliphatic rings. The molecule has 0 saturated carbocycles. The van der Waals surface area contributed by atoms with Gasteiger partial charge in [0.05, 0.1) is 0 Å². The molecule has 1 saturated heterocycles. The molecule has 1 aliphatic heterocycles. The molecule has 0 aliphatic carbocycles. The molecule has 0 N–H and O–H groups in total. The Morgan fingerprint density at radius 1 is 1.39 bits per heavy atom. The number of nitrogens with zero attached hydrogens (tertiary/aromatic N) is 1. The maximum atomic E-state index is 11.8. The van der Waals surface area contributed by atoms with Gasteiger partial charge in [-0.15, -0.1) is 0 Å². The molecule has 0 amide bonds. The second-order valence-corrected chi connectivity index (χ2v) is 6.14. The maximum Gasteiger partial charge on any atom is 0.306 e. The molecule has 1 rings (SSSR count). The van der Waals surface area contributed by atoms with Crippen molar-refractivity contribution in [1.29, 1.82) is 0 Å². The Hall–Kier alpha value is -0.570. The Morgan fingerprint density at radius 2 is 2.06 bits per heavy atom. The highest BCUT2D eigenvalue weighted by Gasteiger charge is 2.41. The van der Waals surface area contributed by atoms with Crippen molar-refractivity contribution < 1.29 is 9.53 Å². The second-order valence-electron chi connectivity index (χ2n) is 6.14. The molecule has 0 aromatic rings. The quantitative estimate of drug-likeness (QED) is 0.558. The number of rotatable bonds is 5. The fourth-order valence-corrected chi connectivity index (χ4v) is 2.57. The fraction of sp³-hybridized carbons (Fsp3) is 0.933. The number of ether oxygens (including phenoxy) is 1. The van der Waals surface area contributed by atoms with E-state index in [1.54, 1.807) is 0 Å². The van der Waals surface area contributed by atoms with Crippen molar-refractivity contribution in [2.24, 2.45) is 5.92 Å². The number of esters is 1. The molecule has 2 unspecified atom stereocenters. The summed E-state index contributed by atoms with van der Waals surface area (Å²) < 4.78 is 5.67. The van der Waals surface area contributed by atoms with Crippen LogP contribution in [0.25, 0.3) is 0 Å². The summed E-state index contributed by atoms with van der Waals surface area (Å²) >= 11 is 0. The highest BCUT2D eigenvalue weighted by atomic mass is 16.5. The van der Waals surface area contributed by atoms with Crippen LogP contribution >= 0.6 is 0 Å². The number of carbonyl (C=O) groups is 1. The fourth-order valence-electron chi connectivity index (χ4n) is 2.57. The molecule has 106 valence electrons. The number of likely N-dealkylation sites (tertiary alicyclic amines) is 1. The molecular formula is C15H29NO2. The lowest BCUT2D eigenvalue weighted by Crippen LogP contribution is -2.56. The predicted octanol–water partition coefficient (Wildman–Crippen LogP) is 3.23. The Labute approximate surface area is 112 Å². The van der Waals surface area contributed by atoms with Crippen LogP contribution in [0.15, 0.2) is 0 Å². The van der Waals surface area contributed by atoms with E-state index >= 15 is 0 Å². The van der Waals surface area contributed by atoms with Gasteiger partial charge in [-0.1, -0.05) is 26.7 Å². The van der Waals surface area contributed by atoms with Crippen molar-refractivity contribution in [3.8, 4) is 0 Å². The third kappa shape index (κ3) is 3.71. The van der Waals surface area contributed by atoms with Crippen LogP contribution in [-0.2, 0) is 9.53 Å². The molecule has 1 fully saturated rings. The van der Waals surface area contributed by atoms with Crippen LogP contribution in [-0.4, -0.2) is 36.1 Å². The standard InChI is InChI=1S/C15H29NO2/c1-6-7-8-9-14(17)18-13-10-11-16(5)15(3,4)12(13)2/h12-13H,6-11H2,1-5H3. The van der Waals surface area contributed by atoms with Crippen LogP contribution in [0, 0.1) is 5.92 Å². The van der Waals surface area contributed by atoms with E-state index in [1.165, 1.54) is 0 Å². The van der Waals surface area contributed by atoms with E-state index in [0.717, 1.165) is 32.2 Å².